The predicted molar refractivity (Wildman–Crippen MR) is 112 cm³/mol. The molecule has 2 aliphatic heterocycles. The number of piperazine rings is 1. The summed E-state index contributed by atoms with van der Waals surface area (Å²) >= 11 is 0. The van der Waals surface area contributed by atoms with Gasteiger partial charge in [-0.2, -0.15) is 0 Å². The first kappa shape index (κ1) is 22.2. The third kappa shape index (κ3) is 5.25. The highest BCUT2D eigenvalue weighted by Gasteiger charge is 2.44. The minimum Gasteiger partial charge on any atom is -0.368 e. The molecule has 2 saturated heterocycles. The monoisotopic (exact) mass is 389 g/mol. The van der Waals surface area contributed by atoms with Crippen molar-refractivity contribution in [3.63, 3.8) is 0 Å². The molecule has 2 amide bonds. The Morgan fingerprint density at radius 2 is 1.64 bits per heavy atom. The Bertz CT molecular complexity index is 654. The number of likely N-dealkylation sites (N-methyl/N-ethyl adjacent to an activating group) is 1. The highest BCUT2D eigenvalue weighted by atomic mass is 16.6. The fourth-order valence-corrected chi connectivity index (χ4v) is 3.64. The first-order valence-electron chi connectivity index (χ1n) is 10.3. The van der Waals surface area contributed by atoms with E-state index in [0.29, 0.717) is 19.6 Å². The maximum Gasteiger partial charge on any atom is 0.254 e. The lowest BCUT2D eigenvalue weighted by molar-refractivity contribution is -0.143. The van der Waals surface area contributed by atoms with Crippen LogP contribution in [0.25, 0.3) is 0 Å². The molecule has 0 radical (unpaired) electrons. The molecule has 2 fully saturated rings. The minimum absolute atomic E-state index is 0.00479. The zero-order chi connectivity index (χ0) is 20.9. The van der Waals surface area contributed by atoms with Crippen LogP contribution in [0.4, 0.5) is 5.69 Å². The van der Waals surface area contributed by atoms with Crippen LogP contribution in [0.1, 0.15) is 34.6 Å². The van der Waals surface area contributed by atoms with E-state index in [1.807, 2.05) is 57.7 Å². The summed E-state index contributed by atoms with van der Waals surface area (Å²) in [5.41, 5.74) is 0.583. The molecule has 2 unspecified atom stereocenters. The number of hydrogen-bond donors (Lipinski definition) is 0. The zero-order valence-electron chi connectivity index (χ0n) is 18.1. The third-order valence-corrected chi connectivity index (χ3v) is 5.23. The standard InChI is InChI=1S/C20H29N3O3.C2H6/c1-15-17(26-15)18(24)21(4)14-20(2,3)19(25)23-12-10-22(11-13-23)16-8-6-5-7-9-16;1-2/h5-9,15,17H,10-14H2,1-4H3;1-2H3. The number of rotatable bonds is 5. The van der Waals surface area contributed by atoms with Crippen LogP contribution in [0.15, 0.2) is 30.3 Å². The molecule has 6 heteroatoms. The van der Waals surface area contributed by atoms with Crippen molar-refractivity contribution in [3.05, 3.63) is 30.3 Å². The van der Waals surface area contributed by atoms with E-state index in [-0.39, 0.29) is 24.0 Å². The highest BCUT2D eigenvalue weighted by Crippen LogP contribution is 2.27. The number of amides is 2. The van der Waals surface area contributed by atoms with Gasteiger partial charge in [0.25, 0.3) is 5.91 Å². The largest absolute Gasteiger partial charge is 0.368 e. The SMILES string of the molecule is CC.CC1OC1C(=O)N(C)CC(C)(C)C(=O)N1CCN(c2ccccc2)CC1. The van der Waals surface area contributed by atoms with E-state index in [2.05, 4.69) is 17.0 Å². The highest BCUT2D eigenvalue weighted by molar-refractivity contribution is 5.86. The molecule has 3 rings (SSSR count). The molecule has 28 heavy (non-hydrogen) atoms. The van der Waals surface area contributed by atoms with E-state index in [4.69, 9.17) is 4.74 Å². The van der Waals surface area contributed by atoms with Gasteiger partial charge < -0.3 is 19.4 Å². The van der Waals surface area contributed by atoms with Crippen molar-refractivity contribution < 1.29 is 14.3 Å². The van der Waals surface area contributed by atoms with Gasteiger partial charge >= 0.3 is 0 Å². The Balaban J connectivity index is 0.00000136. The summed E-state index contributed by atoms with van der Waals surface area (Å²) in [5.74, 6) is 0.0712. The minimum atomic E-state index is -0.614. The van der Waals surface area contributed by atoms with Crippen LogP contribution in [0.3, 0.4) is 0 Å². The van der Waals surface area contributed by atoms with Crippen molar-refractivity contribution >= 4 is 17.5 Å². The van der Waals surface area contributed by atoms with Crippen molar-refractivity contribution in [2.45, 2.75) is 46.8 Å². The maximum absolute atomic E-state index is 13.0. The summed E-state index contributed by atoms with van der Waals surface area (Å²) in [6, 6.07) is 10.3. The molecular formula is C22H35N3O3. The van der Waals surface area contributed by atoms with Crippen LogP contribution in [0.5, 0.6) is 0 Å². The second kappa shape index (κ2) is 9.41. The van der Waals surface area contributed by atoms with E-state index >= 15 is 0 Å². The molecule has 1 aromatic carbocycles. The molecule has 2 aliphatic rings. The number of epoxide rings is 1. The molecule has 0 aliphatic carbocycles. The van der Waals surface area contributed by atoms with E-state index in [1.54, 1.807) is 11.9 Å². The first-order valence-corrected chi connectivity index (χ1v) is 10.3. The van der Waals surface area contributed by atoms with E-state index in [0.717, 1.165) is 13.1 Å². The summed E-state index contributed by atoms with van der Waals surface area (Å²) < 4.78 is 5.25. The molecule has 6 nitrogen and oxygen atoms in total. The topological polar surface area (TPSA) is 56.4 Å². The van der Waals surface area contributed by atoms with Gasteiger partial charge in [-0.3, -0.25) is 9.59 Å². The predicted octanol–water partition coefficient (Wildman–Crippen LogP) is 2.63. The fraction of sp³-hybridized carbons (Fsp3) is 0.636. The van der Waals surface area contributed by atoms with Crippen molar-refractivity contribution in [1.82, 2.24) is 9.80 Å². The lowest BCUT2D eigenvalue weighted by Crippen LogP contribution is -2.54. The quantitative estimate of drug-likeness (QED) is 0.727. The van der Waals surface area contributed by atoms with Gasteiger partial charge in [-0.1, -0.05) is 32.0 Å². The van der Waals surface area contributed by atoms with E-state index in [1.165, 1.54) is 5.69 Å². The smallest absolute Gasteiger partial charge is 0.254 e. The van der Waals surface area contributed by atoms with E-state index < -0.39 is 5.41 Å². The molecule has 0 bridgehead atoms. The van der Waals surface area contributed by atoms with Gasteiger partial charge in [0.05, 0.1) is 11.5 Å². The second-order valence-corrected chi connectivity index (χ2v) is 7.95. The number of carbonyl (C=O) groups excluding carboxylic acids is 2. The Hall–Kier alpha value is -2.08. The van der Waals surface area contributed by atoms with E-state index in [9.17, 15) is 9.59 Å². The van der Waals surface area contributed by atoms with Crippen molar-refractivity contribution in [2.75, 3.05) is 44.7 Å². The molecule has 2 atom stereocenters. The van der Waals surface area contributed by atoms with Crippen LogP contribution in [-0.4, -0.2) is 73.6 Å². The fourth-order valence-electron chi connectivity index (χ4n) is 3.64. The molecule has 0 spiro atoms. The van der Waals surface area contributed by atoms with Gasteiger partial charge in [0.2, 0.25) is 5.91 Å². The number of para-hydroxylation sites is 1. The Kier molecular flexibility index (Phi) is 7.47. The van der Waals surface area contributed by atoms with Gasteiger partial charge in [0.1, 0.15) is 0 Å². The molecule has 0 aromatic heterocycles. The summed E-state index contributed by atoms with van der Waals surface area (Å²) in [5, 5.41) is 0. The van der Waals surface area contributed by atoms with Gasteiger partial charge in [-0.05, 0) is 32.9 Å². The van der Waals surface area contributed by atoms with Gasteiger partial charge in [-0.15, -0.1) is 0 Å². The van der Waals surface area contributed by atoms with Crippen LogP contribution in [0, 0.1) is 5.41 Å². The van der Waals surface area contributed by atoms with Crippen molar-refractivity contribution in [2.24, 2.45) is 5.41 Å². The van der Waals surface area contributed by atoms with Gasteiger partial charge in [0.15, 0.2) is 6.10 Å². The number of ether oxygens (including phenoxy) is 1. The van der Waals surface area contributed by atoms with Crippen LogP contribution < -0.4 is 4.90 Å². The maximum atomic E-state index is 13.0. The third-order valence-electron chi connectivity index (χ3n) is 5.23. The molecule has 0 saturated carbocycles. The average Bonchev–Trinajstić information content (AvgIpc) is 3.45. The molecular weight excluding hydrogens is 354 g/mol. The summed E-state index contributed by atoms with van der Waals surface area (Å²) in [6.07, 6.45) is -0.338. The van der Waals surface area contributed by atoms with Crippen LogP contribution >= 0.6 is 0 Å². The van der Waals surface area contributed by atoms with Crippen molar-refractivity contribution in [1.29, 1.82) is 0 Å². The zero-order valence-corrected chi connectivity index (χ0v) is 18.1. The summed E-state index contributed by atoms with van der Waals surface area (Å²) in [6.45, 7) is 13.2. The molecule has 2 heterocycles. The van der Waals surface area contributed by atoms with Gasteiger partial charge in [-0.25, -0.2) is 0 Å². The number of carbonyl (C=O) groups is 2. The average molecular weight is 390 g/mol. The molecule has 156 valence electrons. The Morgan fingerprint density at radius 1 is 1.11 bits per heavy atom. The Morgan fingerprint density at radius 3 is 2.14 bits per heavy atom. The Labute approximate surface area is 169 Å². The number of hydrogen-bond acceptors (Lipinski definition) is 4. The van der Waals surface area contributed by atoms with Crippen molar-refractivity contribution in [3.8, 4) is 0 Å². The number of nitrogens with zero attached hydrogens (tertiary/aromatic N) is 3. The molecule has 0 N–H and O–H groups in total. The lowest BCUT2D eigenvalue weighted by atomic mass is 9.90. The normalized spacial score (nSPS) is 21.5. The van der Waals surface area contributed by atoms with Gasteiger partial charge in [0, 0.05) is 45.5 Å². The number of benzene rings is 1. The van der Waals surface area contributed by atoms with Crippen LogP contribution in [0.2, 0.25) is 0 Å². The summed E-state index contributed by atoms with van der Waals surface area (Å²) in [4.78, 5) is 31.1. The lowest BCUT2D eigenvalue weighted by Gasteiger charge is -2.40. The van der Waals surface area contributed by atoms with Crippen LogP contribution in [-0.2, 0) is 14.3 Å². The first-order chi connectivity index (χ1) is 13.3. The summed E-state index contributed by atoms with van der Waals surface area (Å²) in [7, 11) is 1.75. The second-order valence-electron chi connectivity index (χ2n) is 7.95. The number of anilines is 1. The molecule has 1 aromatic rings.